The Morgan fingerprint density at radius 2 is 1.73 bits per heavy atom. The van der Waals surface area contributed by atoms with Gasteiger partial charge in [0.25, 0.3) is 0 Å². The van der Waals surface area contributed by atoms with Crippen molar-refractivity contribution in [2.24, 2.45) is 0 Å². The van der Waals surface area contributed by atoms with Gasteiger partial charge in [-0.2, -0.15) is 5.26 Å². The summed E-state index contributed by atoms with van der Waals surface area (Å²) in [5.74, 6) is 0. The van der Waals surface area contributed by atoms with E-state index in [1.54, 1.807) is 0 Å². The van der Waals surface area contributed by atoms with E-state index in [0.29, 0.717) is 6.04 Å². The minimum atomic E-state index is 0.389. The average Bonchev–Trinajstić information content (AvgIpc) is 2.69. The molecule has 4 heteroatoms. The minimum absolute atomic E-state index is 0.389. The first-order valence-corrected chi connectivity index (χ1v) is 9.32. The molecule has 0 saturated carbocycles. The Balaban J connectivity index is 1.75. The number of hydrogen-bond acceptors (Lipinski definition) is 4. The van der Waals surface area contributed by atoms with E-state index >= 15 is 0 Å². The molecule has 1 aliphatic rings. The van der Waals surface area contributed by atoms with Crippen LogP contribution < -0.4 is 0 Å². The van der Waals surface area contributed by atoms with Crippen LogP contribution in [-0.2, 0) is 17.8 Å². The number of rotatable bonds is 7. The maximum absolute atomic E-state index is 9.43. The van der Waals surface area contributed by atoms with Gasteiger partial charge in [-0.15, -0.1) is 0 Å². The Kier molecular flexibility index (Phi) is 6.79. The number of ether oxygens (including phenoxy) is 1. The second-order valence-electron chi connectivity index (χ2n) is 6.92. The number of benzene rings is 2. The number of nitriles is 1. The minimum Gasteiger partial charge on any atom is -0.379 e. The SMILES string of the molecule is CC(CN1CCOCC1)N(Cc1ccccc1)Cc1ccccc1C#N. The lowest BCUT2D eigenvalue weighted by Crippen LogP contribution is -2.45. The smallest absolute Gasteiger partial charge is 0.0995 e. The highest BCUT2D eigenvalue weighted by atomic mass is 16.5. The van der Waals surface area contributed by atoms with Crippen molar-refractivity contribution in [3.8, 4) is 6.07 Å². The highest BCUT2D eigenvalue weighted by molar-refractivity contribution is 5.37. The third-order valence-corrected chi connectivity index (χ3v) is 4.99. The summed E-state index contributed by atoms with van der Waals surface area (Å²) in [6.45, 7) is 8.61. The van der Waals surface area contributed by atoms with Crippen LogP contribution in [0.25, 0.3) is 0 Å². The van der Waals surface area contributed by atoms with Crippen molar-refractivity contribution in [1.82, 2.24) is 9.80 Å². The summed E-state index contributed by atoms with van der Waals surface area (Å²) in [7, 11) is 0. The summed E-state index contributed by atoms with van der Waals surface area (Å²) in [6, 6.07) is 21.2. The molecule has 1 aliphatic heterocycles. The molecule has 0 N–H and O–H groups in total. The quantitative estimate of drug-likeness (QED) is 0.769. The van der Waals surface area contributed by atoms with Gasteiger partial charge >= 0.3 is 0 Å². The molecule has 1 saturated heterocycles. The van der Waals surface area contributed by atoms with Gasteiger partial charge in [0, 0.05) is 38.8 Å². The van der Waals surface area contributed by atoms with Gasteiger partial charge < -0.3 is 4.74 Å². The molecule has 26 heavy (non-hydrogen) atoms. The Morgan fingerprint density at radius 1 is 1.04 bits per heavy atom. The fraction of sp³-hybridized carbons (Fsp3) is 0.409. The van der Waals surface area contributed by atoms with Gasteiger partial charge in [0.05, 0.1) is 24.8 Å². The topological polar surface area (TPSA) is 39.5 Å². The third kappa shape index (κ3) is 5.15. The molecule has 1 atom stereocenters. The van der Waals surface area contributed by atoms with Crippen LogP contribution in [0.15, 0.2) is 54.6 Å². The summed E-state index contributed by atoms with van der Waals surface area (Å²) in [5, 5.41) is 9.43. The molecule has 1 fully saturated rings. The van der Waals surface area contributed by atoms with Crippen LogP contribution in [0.5, 0.6) is 0 Å². The highest BCUT2D eigenvalue weighted by Crippen LogP contribution is 2.17. The van der Waals surface area contributed by atoms with Gasteiger partial charge in [0.2, 0.25) is 0 Å². The number of nitrogens with zero attached hydrogens (tertiary/aromatic N) is 3. The lowest BCUT2D eigenvalue weighted by atomic mass is 10.1. The van der Waals surface area contributed by atoms with Crippen LogP contribution in [-0.4, -0.2) is 48.7 Å². The van der Waals surface area contributed by atoms with Gasteiger partial charge in [-0.25, -0.2) is 0 Å². The summed E-state index contributed by atoms with van der Waals surface area (Å²) in [5.41, 5.74) is 3.17. The molecular formula is C22H27N3O. The number of morpholine rings is 1. The molecular weight excluding hydrogens is 322 g/mol. The maximum Gasteiger partial charge on any atom is 0.0995 e. The lowest BCUT2D eigenvalue weighted by Gasteiger charge is -2.35. The zero-order chi connectivity index (χ0) is 18.2. The first kappa shape index (κ1) is 18.6. The highest BCUT2D eigenvalue weighted by Gasteiger charge is 2.20. The zero-order valence-corrected chi connectivity index (χ0v) is 15.5. The molecule has 1 heterocycles. The molecule has 1 unspecified atom stereocenters. The van der Waals surface area contributed by atoms with Gasteiger partial charge in [-0.05, 0) is 24.1 Å². The van der Waals surface area contributed by atoms with Crippen molar-refractivity contribution in [1.29, 1.82) is 5.26 Å². The molecule has 0 aromatic heterocycles. The van der Waals surface area contributed by atoms with E-state index in [-0.39, 0.29) is 0 Å². The summed E-state index contributed by atoms with van der Waals surface area (Å²) in [4.78, 5) is 4.95. The van der Waals surface area contributed by atoms with Crippen LogP contribution in [0.4, 0.5) is 0 Å². The van der Waals surface area contributed by atoms with E-state index in [4.69, 9.17) is 4.74 Å². The summed E-state index contributed by atoms with van der Waals surface area (Å²) in [6.07, 6.45) is 0. The Labute approximate surface area is 156 Å². The van der Waals surface area contributed by atoms with Crippen molar-refractivity contribution >= 4 is 0 Å². The average molecular weight is 349 g/mol. The van der Waals surface area contributed by atoms with E-state index in [9.17, 15) is 5.26 Å². The number of hydrogen-bond donors (Lipinski definition) is 0. The van der Waals surface area contributed by atoms with Crippen molar-refractivity contribution < 1.29 is 4.74 Å². The van der Waals surface area contributed by atoms with Crippen LogP contribution >= 0.6 is 0 Å². The van der Waals surface area contributed by atoms with E-state index in [2.05, 4.69) is 59.2 Å². The molecule has 0 aliphatic carbocycles. The van der Waals surface area contributed by atoms with Gasteiger partial charge in [0.1, 0.15) is 0 Å². The molecule has 0 radical (unpaired) electrons. The van der Waals surface area contributed by atoms with Gasteiger partial charge in [-0.3, -0.25) is 9.80 Å². The van der Waals surface area contributed by atoms with Crippen molar-refractivity contribution in [2.75, 3.05) is 32.8 Å². The molecule has 2 aromatic rings. The van der Waals surface area contributed by atoms with Gasteiger partial charge in [0.15, 0.2) is 0 Å². The fourth-order valence-corrected chi connectivity index (χ4v) is 3.44. The molecule has 0 bridgehead atoms. The van der Waals surface area contributed by atoms with Crippen LogP contribution in [0.2, 0.25) is 0 Å². The predicted octanol–water partition coefficient (Wildman–Crippen LogP) is 3.28. The molecule has 4 nitrogen and oxygen atoms in total. The maximum atomic E-state index is 9.43. The predicted molar refractivity (Wildman–Crippen MR) is 104 cm³/mol. The first-order chi connectivity index (χ1) is 12.8. The monoisotopic (exact) mass is 349 g/mol. The second-order valence-corrected chi connectivity index (χ2v) is 6.92. The Hall–Kier alpha value is -2.19. The second kappa shape index (κ2) is 9.49. The molecule has 3 rings (SSSR count). The van der Waals surface area contributed by atoms with Crippen molar-refractivity contribution in [2.45, 2.75) is 26.1 Å². The third-order valence-electron chi connectivity index (χ3n) is 4.99. The van der Waals surface area contributed by atoms with E-state index < -0.39 is 0 Å². The van der Waals surface area contributed by atoms with Crippen molar-refractivity contribution in [3.05, 3.63) is 71.3 Å². The summed E-state index contributed by atoms with van der Waals surface area (Å²) < 4.78 is 5.47. The van der Waals surface area contributed by atoms with Gasteiger partial charge in [-0.1, -0.05) is 48.5 Å². The van der Waals surface area contributed by atoms with E-state index in [1.807, 2.05) is 18.2 Å². The standard InChI is InChI=1S/C22H27N3O/c1-19(16-24-11-13-26-14-12-24)25(17-20-7-3-2-4-8-20)18-22-10-6-5-9-21(22)15-23/h2-10,19H,11-14,16-18H2,1H3. The molecule has 0 spiro atoms. The first-order valence-electron chi connectivity index (χ1n) is 9.32. The van der Waals surface area contributed by atoms with E-state index in [1.165, 1.54) is 5.56 Å². The zero-order valence-electron chi connectivity index (χ0n) is 15.5. The van der Waals surface area contributed by atoms with Crippen LogP contribution in [0.1, 0.15) is 23.6 Å². The lowest BCUT2D eigenvalue weighted by molar-refractivity contribution is 0.0226. The normalized spacial score (nSPS) is 16.3. The summed E-state index contributed by atoms with van der Waals surface area (Å²) >= 11 is 0. The largest absolute Gasteiger partial charge is 0.379 e. The van der Waals surface area contributed by atoms with Crippen LogP contribution in [0, 0.1) is 11.3 Å². The van der Waals surface area contributed by atoms with Crippen molar-refractivity contribution in [3.63, 3.8) is 0 Å². The van der Waals surface area contributed by atoms with Crippen LogP contribution in [0.3, 0.4) is 0 Å². The molecule has 136 valence electrons. The Morgan fingerprint density at radius 3 is 2.46 bits per heavy atom. The molecule has 2 aromatic carbocycles. The molecule has 0 amide bonds. The fourth-order valence-electron chi connectivity index (χ4n) is 3.44. The van der Waals surface area contributed by atoms with E-state index in [0.717, 1.165) is 57.1 Å². The Bertz CT molecular complexity index is 720.